The minimum absolute atomic E-state index is 0. The predicted molar refractivity (Wildman–Crippen MR) is 128 cm³/mol. The molecule has 0 amide bonds. The first-order chi connectivity index (χ1) is 13.4. The van der Waals surface area contributed by atoms with Crippen LogP contribution in [-0.2, 0) is 23.1 Å². The van der Waals surface area contributed by atoms with Gasteiger partial charge in [0.25, 0.3) is 0 Å². The molecule has 2 aromatic rings. The number of benzene rings is 2. The lowest BCUT2D eigenvalue weighted by molar-refractivity contribution is 0.475. The Bertz CT molecular complexity index is 941. The van der Waals surface area contributed by atoms with Crippen LogP contribution in [-0.4, -0.2) is 39.4 Å². The second-order valence-corrected chi connectivity index (χ2v) is 8.94. The molecule has 0 bridgehead atoms. The van der Waals surface area contributed by atoms with Crippen molar-refractivity contribution in [1.82, 2.24) is 14.9 Å². The van der Waals surface area contributed by atoms with Crippen LogP contribution in [0.4, 0.5) is 0 Å². The second-order valence-electron chi connectivity index (χ2n) is 7.22. The number of aliphatic imine (C=N–C) groups is 1. The molecule has 1 saturated carbocycles. The van der Waals surface area contributed by atoms with Crippen LogP contribution in [0.25, 0.3) is 0 Å². The van der Waals surface area contributed by atoms with Gasteiger partial charge >= 0.3 is 0 Å². The Balaban J connectivity index is 0.00000300. The first-order valence-electron chi connectivity index (χ1n) is 9.46. The molecule has 1 aliphatic rings. The second kappa shape index (κ2) is 10.4. The Hall–Kier alpha value is -1.65. The smallest absolute Gasteiger partial charge is 0.240 e. The van der Waals surface area contributed by atoms with E-state index in [4.69, 9.17) is 0 Å². The summed E-state index contributed by atoms with van der Waals surface area (Å²) in [5, 5.41) is 3.34. The van der Waals surface area contributed by atoms with E-state index in [1.807, 2.05) is 31.3 Å². The monoisotopic (exact) mass is 528 g/mol. The van der Waals surface area contributed by atoms with E-state index >= 15 is 0 Å². The van der Waals surface area contributed by atoms with Crippen molar-refractivity contribution in [2.75, 3.05) is 14.1 Å². The maximum absolute atomic E-state index is 12.2. The van der Waals surface area contributed by atoms with Crippen molar-refractivity contribution >= 4 is 40.0 Å². The average Bonchev–Trinajstić information content (AvgIpc) is 3.48. The van der Waals surface area contributed by atoms with Gasteiger partial charge in [0.2, 0.25) is 10.0 Å². The molecular weight excluding hydrogens is 499 g/mol. The Morgan fingerprint density at radius 3 is 2.38 bits per heavy atom. The van der Waals surface area contributed by atoms with Crippen molar-refractivity contribution in [2.24, 2.45) is 4.99 Å². The highest BCUT2D eigenvalue weighted by atomic mass is 127. The third-order valence-electron chi connectivity index (χ3n) is 4.83. The van der Waals surface area contributed by atoms with Gasteiger partial charge in [0.1, 0.15) is 0 Å². The van der Waals surface area contributed by atoms with Crippen molar-refractivity contribution in [3.05, 3.63) is 65.2 Å². The van der Waals surface area contributed by atoms with Crippen LogP contribution in [0, 0.1) is 6.92 Å². The van der Waals surface area contributed by atoms with E-state index in [0.717, 1.165) is 30.9 Å². The lowest BCUT2D eigenvalue weighted by Gasteiger charge is -2.23. The van der Waals surface area contributed by atoms with Gasteiger partial charge in [0, 0.05) is 33.2 Å². The quantitative estimate of drug-likeness (QED) is 0.329. The van der Waals surface area contributed by atoms with Gasteiger partial charge in [-0.05, 0) is 48.6 Å². The molecule has 0 spiro atoms. The molecule has 2 aromatic carbocycles. The molecule has 0 heterocycles. The highest BCUT2D eigenvalue weighted by Crippen LogP contribution is 2.22. The number of aryl methyl sites for hydroxylation is 1. The molecule has 1 fully saturated rings. The number of sulfonamides is 1. The summed E-state index contributed by atoms with van der Waals surface area (Å²) >= 11 is 0. The molecule has 0 aliphatic heterocycles. The minimum Gasteiger partial charge on any atom is -0.352 e. The minimum atomic E-state index is -3.40. The number of guanidine groups is 1. The fraction of sp³-hybridized carbons (Fsp3) is 0.381. The summed E-state index contributed by atoms with van der Waals surface area (Å²) in [5.74, 6) is 0.787. The first-order valence-corrected chi connectivity index (χ1v) is 10.9. The lowest BCUT2D eigenvalue weighted by atomic mass is 10.1. The Morgan fingerprint density at radius 2 is 1.79 bits per heavy atom. The van der Waals surface area contributed by atoms with Gasteiger partial charge in [-0.15, -0.1) is 24.0 Å². The summed E-state index contributed by atoms with van der Waals surface area (Å²) in [6.07, 6.45) is 1.85. The van der Waals surface area contributed by atoms with E-state index in [2.05, 4.69) is 39.0 Å². The zero-order chi connectivity index (χ0) is 20.1. The van der Waals surface area contributed by atoms with E-state index in [0.29, 0.717) is 11.4 Å². The standard InChI is InChI=1S/C21H28N4O2S.HI/c1-16-6-4-5-7-18(16)15-25(3)21(22-2)23-14-17-8-12-20(13-9-17)28(26,27)24-19-10-11-19;/h4-9,12-13,19,24H,10-11,14-15H2,1-3H3,(H,22,23);1H. The highest BCUT2D eigenvalue weighted by Gasteiger charge is 2.27. The lowest BCUT2D eigenvalue weighted by Crippen LogP contribution is -2.38. The van der Waals surface area contributed by atoms with Crippen LogP contribution < -0.4 is 10.0 Å². The largest absolute Gasteiger partial charge is 0.352 e. The van der Waals surface area contributed by atoms with E-state index in [-0.39, 0.29) is 30.0 Å². The number of halogens is 1. The molecule has 0 radical (unpaired) electrons. The number of rotatable bonds is 7. The Kier molecular flexibility index (Phi) is 8.47. The van der Waals surface area contributed by atoms with Crippen LogP contribution in [0.5, 0.6) is 0 Å². The molecule has 8 heteroatoms. The average molecular weight is 528 g/mol. The van der Waals surface area contributed by atoms with E-state index in [9.17, 15) is 8.42 Å². The number of hydrogen-bond acceptors (Lipinski definition) is 3. The van der Waals surface area contributed by atoms with Gasteiger partial charge in [0.05, 0.1) is 4.90 Å². The summed E-state index contributed by atoms with van der Waals surface area (Å²) in [6, 6.07) is 15.4. The van der Waals surface area contributed by atoms with Crippen molar-refractivity contribution in [3.63, 3.8) is 0 Å². The predicted octanol–water partition coefficient (Wildman–Crippen LogP) is 3.26. The van der Waals surface area contributed by atoms with Gasteiger partial charge in [-0.3, -0.25) is 4.99 Å². The van der Waals surface area contributed by atoms with Crippen LogP contribution in [0.3, 0.4) is 0 Å². The number of nitrogens with one attached hydrogen (secondary N) is 2. The summed E-state index contributed by atoms with van der Waals surface area (Å²) in [7, 11) is 0.357. The first kappa shape index (κ1) is 23.6. The molecule has 0 saturated heterocycles. The molecule has 29 heavy (non-hydrogen) atoms. The van der Waals surface area contributed by atoms with Gasteiger partial charge in [-0.1, -0.05) is 36.4 Å². The molecule has 3 rings (SSSR count). The van der Waals surface area contributed by atoms with Crippen molar-refractivity contribution in [2.45, 2.75) is 43.8 Å². The third-order valence-corrected chi connectivity index (χ3v) is 6.36. The molecule has 0 atom stereocenters. The van der Waals surface area contributed by atoms with Gasteiger partial charge in [0.15, 0.2) is 5.96 Å². The summed E-state index contributed by atoms with van der Waals surface area (Å²) in [5.41, 5.74) is 3.50. The maximum atomic E-state index is 12.2. The third kappa shape index (κ3) is 6.68. The Labute approximate surface area is 190 Å². The SMILES string of the molecule is CN=C(NCc1ccc(S(=O)(=O)NC2CC2)cc1)N(C)Cc1ccccc1C.I. The van der Waals surface area contributed by atoms with E-state index in [1.165, 1.54) is 11.1 Å². The molecule has 0 aromatic heterocycles. The van der Waals surface area contributed by atoms with Crippen LogP contribution in [0.15, 0.2) is 58.4 Å². The molecule has 1 aliphatic carbocycles. The Morgan fingerprint density at radius 1 is 1.14 bits per heavy atom. The molecule has 0 unspecified atom stereocenters. The maximum Gasteiger partial charge on any atom is 0.240 e. The summed E-state index contributed by atoms with van der Waals surface area (Å²) in [6.45, 7) is 3.44. The number of nitrogens with zero attached hydrogens (tertiary/aromatic N) is 2. The van der Waals surface area contributed by atoms with Crippen LogP contribution in [0.1, 0.15) is 29.5 Å². The molecule has 6 nitrogen and oxygen atoms in total. The molecule has 2 N–H and O–H groups in total. The zero-order valence-electron chi connectivity index (χ0n) is 17.1. The fourth-order valence-corrected chi connectivity index (χ4v) is 4.26. The topological polar surface area (TPSA) is 73.8 Å². The molecule has 158 valence electrons. The highest BCUT2D eigenvalue weighted by molar-refractivity contribution is 14.0. The van der Waals surface area contributed by atoms with Crippen molar-refractivity contribution in [1.29, 1.82) is 0 Å². The fourth-order valence-electron chi connectivity index (χ4n) is 2.96. The van der Waals surface area contributed by atoms with Crippen LogP contribution in [0.2, 0.25) is 0 Å². The normalized spacial score (nSPS) is 14.2. The molecular formula is C21H29IN4O2S. The van der Waals surface area contributed by atoms with E-state index in [1.54, 1.807) is 19.2 Å². The number of hydrogen-bond donors (Lipinski definition) is 2. The van der Waals surface area contributed by atoms with Crippen molar-refractivity contribution in [3.8, 4) is 0 Å². The summed E-state index contributed by atoms with van der Waals surface area (Å²) in [4.78, 5) is 6.73. The summed E-state index contributed by atoms with van der Waals surface area (Å²) < 4.78 is 27.2. The van der Waals surface area contributed by atoms with Gasteiger partial charge < -0.3 is 10.2 Å². The van der Waals surface area contributed by atoms with Crippen LogP contribution >= 0.6 is 24.0 Å². The van der Waals surface area contributed by atoms with Crippen molar-refractivity contribution < 1.29 is 8.42 Å². The van der Waals surface area contributed by atoms with Gasteiger partial charge in [-0.2, -0.15) is 0 Å². The zero-order valence-corrected chi connectivity index (χ0v) is 20.2. The van der Waals surface area contributed by atoms with Gasteiger partial charge in [-0.25, -0.2) is 13.1 Å². The van der Waals surface area contributed by atoms with E-state index < -0.39 is 10.0 Å².